The van der Waals surface area contributed by atoms with Crippen LogP contribution in [0.3, 0.4) is 0 Å². The molecule has 7 heteroatoms. The van der Waals surface area contributed by atoms with E-state index in [1.165, 1.54) is 11.1 Å². The molecule has 1 aromatic carbocycles. The van der Waals surface area contributed by atoms with Crippen LogP contribution in [-0.4, -0.2) is 47.6 Å². The number of aryl methyl sites for hydroxylation is 1. The van der Waals surface area contributed by atoms with E-state index in [2.05, 4.69) is 46.8 Å². The summed E-state index contributed by atoms with van der Waals surface area (Å²) in [5.41, 5.74) is 3.67. The molecule has 0 radical (unpaired) electrons. The van der Waals surface area contributed by atoms with Crippen LogP contribution in [0.15, 0.2) is 42.6 Å². The van der Waals surface area contributed by atoms with E-state index in [4.69, 9.17) is 4.74 Å². The molecule has 2 amide bonds. The summed E-state index contributed by atoms with van der Waals surface area (Å²) in [6, 6.07) is 12.0. The van der Waals surface area contributed by atoms with Crippen molar-refractivity contribution < 1.29 is 14.3 Å². The smallest absolute Gasteiger partial charge is 0.409 e. The largest absolute Gasteiger partial charge is 0.450 e. The van der Waals surface area contributed by atoms with E-state index < -0.39 is 0 Å². The molecule has 7 nitrogen and oxygen atoms in total. The zero-order valence-electron chi connectivity index (χ0n) is 17.0. The van der Waals surface area contributed by atoms with Crippen molar-refractivity contribution in [3.63, 3.8) is 0 Å². The Morgan fingerprint density at radius 2 is 1.86 bits per heavy atom. The highest BCUT2D eigenvalue weighted by Gasteiger charge is 2.25. The summed E-state index contributed by atoms with van der Waals surface area (Å²) in [5, 5.41) is 6.32. The summed E-state index contributed by atoms with van der Waals surface area (Å²) < 4.78 is 5.02. The van der Waals surface area contributed by atoms with E-state index >= 15 is 0 Å². The normalized spacial score (nSPS) is 14.3. The number of ether oxygens (including phenoxy) is 1. The zero-order valence-corrected chi connectivity index (χ0v) is 17.0. The minimum atomic E-state index is -0.285. The number of aromatic nitrogens is 1. The summed E-state index contributed by atoms with van der Waals surface area (Å²) in [5.74, 6) is -0.190. The molecule has 0 atom stereocenters. The van der Waals surface area contributed by atoms with Crippen molar-refractivity contribution in [1.29, 1.82) is 0 Å². The van der Waals surface area contributed by atoms with E-state index in [0.29, 0.717) is 44.8 Å². The number of anilines is 1. The van der Waals surface area contributed by atoms with Gasteiger partial charge in [-0.15, -0.1) is 0 Å². The highest BCUT2D eigenvalue weighted by Crippen LogP contribution is 2.13. The van der Waals surface area contributed by atoms with Gasteiger partial charge in [0.25, 0.3) is 5.91 Å². The predicted molar refractivity (Wildman–Crippen MR) is 112 cm³/mol. The van der Waals surface area contributed by atoms with Gasteiger partial charge in [0.2, 0.25) is 0 Å². The van der Waals surface area contributed by atoms with Gasteiger partial charge in [0.05, 0.1) is 18.5 Å². The van der Waals surface area contributed by atoms with Gasteiger partial charge in [-0.1, -0.05) is 29.8 Å². The molecule has 154 valence electrons. The molecule has 0 spiro atoms. The van der Waals surface area contributed by atoms with E-state index in [1.54, 1.807) is 24.1 Å². The Hall–Kier alpha value is -3.09. The molecule has 2 heterocycles. The maximum Gasteiger partial charge on any atom is 0.409 e. The van der Waals surface area contributed by atoms with Crippen LogP contribution in [0.5, 0.6) is 0 Å². The fourth-order valence-corrected chi connectivity index (χ4v) is 3.22. The van der Waals surface area contributed by atoms with Crippen molar-refractivity contribution in [3.05, 3.63) is 59.4 Å². The quantitative estimate of drug-likeness (QED) is 0.782. The lowest BCUT2D eigenvalue weighted by Gasteiger charge is -2.31. The molecule has 1 aromatic heterocycles. The summed E-state index contributed by atoms with van der Waals surface area (Å²) in [7, 11) is 0. The number of hydrogen-bond acceptors (Lipinski definition) is 5. The van der Waals surface area contributed by atoms with Crippen LogP contribution in [0.1, 0.15) is 41.4 Å². The lowest BCUT2D eigenvalue weighted by atomic mass is 10.1. The number of nitrogens with zero attached hydrogens (tertiary/aromatic N) is 2. The maximum atomic E-state index is 12.5. The lowest BCUT2D eigenvalue weighted by molar-refractivity contribution is 0.0856. The van der Waals surface area contributed by atoms with Gasteiger partial charge in [0, 0.05) is 25.7 Å². The van der Waals surface area contributed by atoms with Gasteiger partial charge < -0.3 is 20.3 Å². The number of amides is 2. The third-order valence-corrected chi connectivity index (χ3v) is 4.97. The molecule has 29 heavy (non-hydrogen) atoms. The summed E-state index contributed by atoms with van der Waals surface area (Å²) in [6.45, 7) is 6.09. The SMILES string of the molecule is CCOC(=O)N1CCC(NC(=O)c2ccc(NCc3ccc(C)cc3)cn2)CC1. The molecule has 0 unspecified atom stereocenters. The Balaban J connectivity index is 1.45. The summed E-state index contributed by atoms with van der Waals surface area (Å²) in [4.78, 5) is 30.2. The van der Waals surface area contributed by atoms with Crippen LogP contribution in [0, 0.1) is 6.92 Å². The van der Waals surface area contributed by atoms with Crippen LogP contribution in [0.25, 0.3) is 0 Å². The maximum absolute atomic E-state index is 12.5. The monoisotopic (exact) mass is 396 g/mol. The van der Waals surface area contributed by atoms with E-state index in [0.717, 1.165) is 5.69 Å². The van der Waals surface area contributed by atoms with Gasteiger partial charge in [-0.05, 0) is 44.4 Å². The van der Waals surface area contributed by atoms with Gasteiger partial charge in [0.1, 0.15) is 5.69 Å². The molecule has 1 saturated heterocycles. The topological polar surface area (TPSA) is 83.6 Å². The van der Waals surface area contributed by atoms with Gasteiger partial charge in [-0.2, -0.15) is 0 Å². The molecule has 1 fully saturated rings. The first-order valence-corrected chi connectivity index (χ1v) is 10.0. The fraction of sp³-hybridized carbons (Fsp3) is 0.409. The number of benzene rings is 1. The number of likely N-dealkylation sites (tertiary alicyclic amines) is 1. The third-order valence-electron chi connectivity index (χ3n) is 4.97. The van der Waals surface area contributed by atoms with Crippen LogP contribution >= 0.6 is 0 Å². The van der Waals surface area contributed by atoms with Crippen LogP contribution in [0.2, 0.25) is 0 Å². The molecule has 0 saturated carbocycles. The minimum Gasteiger partial charge on any atom is -0.450 e. The number of nitrogens with one attached hydrogen (secondary N) is 2. The highest BCUT2D eigenvalue weighted by atomic mass is 16.6. The van der Waals surface area contributed by atoms with E-state index in [1.807, 2.05) is 6.07 Å². The lowest BCUT2D eigenvalue weighted by Crippen LogP contribution is -2.46. The number of pyridine rings is 1. The second-order valence-corrected chi connectivity index (χ2v) is 7.20. The summed E-state index contributed by atoms with van der Waals surface area (Å²) >= 11 is 0. The van der Waals surface area contributed by atoms with Crippen molar-refractivity contribution in [3.8, 4) is 0 Å². The predicted octanol–water partition coefficient (Wildman–Crippen LogP) is 3.35. The first-order valence-electron chi connectivity index (χ1n) is 10.0. The van der Waals surface area contributed by atoms with Gasteiger partial charge in [-0.3, -0.25) is 4.79 Å². The molecular formula is C22H28N4O3. The second-order valence-electron chi connectivity index (χ2n) is 7.20. The first kappa shape index (κ1) is 20.6. The Labute approximate surface area is 171 Å². The molecule has 1 aliphatic heterocycles. The Kier molecular flexibility index (Phi) is 7.05. The molecule has 2 aromatic rings. The van der Waals surface area contributed by atoms with Crippen LogP contribution in [0.4, 0.5) is 10.5 Å². The minimum absolute atomic E-state index is 0.0364. The number of rotatable bonds is 6. The Morgan fingerprint density at radius 1 is 1.14 bits per heavy atom. The van der Waals surface area contributed by atoms with Crippen molar-refractivity contribution >= 4 is 17.7 Å². The van der Waals surface area contributed by atoms with Gasteiger partial charge in [-0.25, -0.2) is 9.78 Å². The van der Waals surface area contributed by atoms with Crippen molar-refractivity contribution in [1.82, 2.24) is 15.2 Å². The number of hydrogen-bond donors (Lipinski definition) is 2. The zero-order chi connectivity index (χ0) is 20.6. The summed E-state index contributed by atoms with van der Waals surface area (Å²) in [6.07, 6.45) is 2.81. The fourth-order valence-electron chi connectivity index (χ4n) is 3.22. The Bertz CT molecular complexity index is 813. The molecule has 3 rings (SSSR count). The van der Waals surface area contributed by atoms with Gasteiger partial charge in [0.15, 0.2) is 0 Å². The van der Waals surface area contributed by atoms with Crippen molar-refractivity contribution in [2.45, 2.75) is 39.3 Å². The number of carbonyl (C=O) groups excluding carboxylic acids is 2. The Morgan fingerprint density at radius 3 is 2.48 bits per heavy atom. The van der Waals surface area contributed by atoms with Gasteiger partial charge >= 0.3 is 6.09 Å². The molecule has 0 aliphatic carbocycles. The van der Waals surface area contributed by atoms with E-state index in [-0.39, 0.29) is 18.0 Å². The average Bonchev–Trinajstić information content (AvgIpc) is 2.74. The molecular weight excluding hydrogens is 368 g/mol. The molecule has 0 bridgehead atoms. The second kappa shape index (κ2) is 9.91. The standard InChI is InChI=1S/C22H28N4O3/c1-3-29-22(28)26-12-10-18(11-13-26)25-21(27)20-9-8-19(15-24-20)23-14-17-6-4-16(2)5-7-17/h4-9,15,18,23H,3,10-14H2,1-2H3,(H,25,27). The number of piperidine rings is 1. The van der Waals surface area contributed by atoms with E-state index in [9.17, 15) is 9.59 Å². The van der Waals surface area contributed by atoms with Crippen LogP contribution in [-0.2, 0) is 11.3 Å². The average molecular weight is 396 g/mol. The molecule has 2 N–H and O–H groups in total. The third kappa shape index (κ3) is 5.94. The number of carbonyl (C=O) groups is 2. The van der Waals surface area contributed by atoms with Crippen molar-refractivity contribution in [2.75, 3.05) is 25.0 Å². The van der Waals surface area contributed by atoms with Crippen LogP contribution < -0.4 is 10.6 Å². The molecule has 1 aliphatic rings. The van der Waals surface area contributed by atoms with Crippen molar-refractivity contribution in [2.24, 2.45) is 0 Å². The highest BCUT2D eigenvalue weighted by molar-refractivity contribution is 5.92. The first-order chi connectivity index (χ1) is 14.0.